The molecular formula is C14H14N2O3S. The van der Waals surface area contributed by atoms with Crippen LogP contribution in [-0.4, -0.2) is 28.3 Å². The van der Waals surface area contributed by atoms with Gasteiger partial charge in [0.2, 0.25) is 0 Å². The molecule has 104 valence electrons. The van der Waals surface area contributed by atoms with E-state index in [9.17, 15) is 9.59 Å². The molecule has 1 aromatic heterocycles. The van der Waals surface area contributed by atoms with Gasteiger partial charge in [-0.05, 0) is 6.92 Å². The zero-order valence-electron chi connectivity index (χ0n) is 11.1. The van der Waals surface area contributed by atoms with Crippen molar-refractivity contribution in [2.24, 2.45) is 0 Å². The second-order valence-electron chi connectivity index (χ2n) is 4.09. The third kappa shape index (κ3) is 3.48. The van der Waals surface area contributed by atoms with Crippen LogP contribution in [0, 0.1) is 0 Å². The Morgan fingerprint density at radius 2 is 2.05 bits per heavy atom. The Morgan fingerprint density at radius 1 is 1.35 bits per heavy atom. The average Bonchev–Trinajstić information content (AvgIpc) is 2.46. The molecule has 0 bridgehead atoms. The first kappa shape index (κ1) is 14.3. The predicted octanol–water partition coefficient (Wildman–Crippen LogP) is 2.09. The minimum absolute atomic E-state index is 0.251. The number of hydrogen-bond donors (Lipinski definition) is 1. The Bertz CT molecular complexity index is 655. The number of thioether (sulfide) groups is 1. The fourth-order valence-corrected chi connectivity index (χ4v) is 2.47. The van der Waals surface area contributed by atoms with Gasteiger partial charge in [-0.25, -0.2) is 4.98 Å². The number of hydrogen-bond acceptors (Lipinski definition) is 5. The van der Waals surface area contributed by atoms with Gasteiger partial charge in [0.25, 0.3) is 5.56 Å². The summed E-state index contributed by atoms with van der Waals surface area (Å²) in [6.45, 7) is 1.70. The number of carbonyl (C=O) groups is 1. The fourth-order valence-electron chi connectivity index (χ4n) is 1.63. The van der Waals surface area contributed by atoms with Crippen LogP contribution < -0.4 is 5.56 Å². The Balaban J connectivity index is 2.30. The highest BCUT2D eigenvalue weighted by atomic mass is 32.2. The molecule has 0 radical (unpaired) electrons. The van der Waals surface area contributed by atoms with Gasteiger partial charge in [0, 0.05) is 11.6 Å². The van der Waals surface area contributed by atoms with Crippen molar-refractivity contribution in [2.75, 3.05) is 7.11 Å². The third-order valence-electron chi connectivity index (χ3n) is 2.61. The van der Waals surface area contributed by atoms with Crippen LogP contribution in [0.4, 0.5) is 0 Å². The first-order chi connectivity index (χ1) is 9.60. The maximum absolute atomic E-state index is 11.7. The van der Waals surface area contributed by atoms with Gasteiger partial charge in [-0.15, -0.1) is 0 Å². The molecule has 6 heteroatoms. The van der Waals surface area contributed by atoms with E-state index in [0.29, 0.717) is 10.9 Å². The SMILES string of the molecule is COC(=O)[C@H](C)Sc1nc(-c2ccccc2)cc(=O)[nH]1. The van der Waals surface area contributed by atoms with Crippen LogP contribution in [0.1, 0.15) is 6.92 Å². The average molecular weight is 290 g/mol. The Kier molecular flexibility index (Phi) is 4.57. The molecule has 2 aromatic rings. The maximum atomic E-state index is 11.7. The summed E-state index contributed by atoms with van der Waals surface area (Å²) in [5.41, 5.74) is 1.18. The number of esters is 1. The van der Waals surface area contributed by atoms with Crippen molar-refractivity contribution in [3.05, 3.63) is 46.8 Å². The van der Waals surface area contributed by atoms with Crippen molar-refractivity contribution in [1.29, 1.82) is 0 Å². The van der Waals surface area contributed by atoms with E-state index in [0.717, 1.165) is 17.3 Å². The summed E-state index contributed by atoms with van der Waals surface area (Å²) in [5, 5.41) is -0.0385. The third-order valence-corrected chi connectivity index (χ3v) is 3.57. The van der Waals surface area contributed by atoms with Crippen molar-refractivity contribution in [3.8, 4) is 11.3 Å². The summed E-state index contributed by atoms with van der Waals surface area (Å²) in [5.74, 6) is -0.359. The first-order valence-corrected chi connectivity index (χ1v) is 6.89. The van der Waals surface area contributed by atoms with Gasteiger partial charge in [0.05, 0.1) is 12.8 Å². The predicted molar refractivity (Wildman–Crippen MR) is 77.6 cm³/mol. The number of aromatic nitrogens is 2. The van der Waals surface area contributed by atoms with Crippen LogP contribution in [0.5, 0.6) is 0 Å². The van der Waals surface area contributed by atoms with Crippen LogP contribution >= 0.6 is 11.8 Å². The molecule has 5 nitrogen and oxygen atoms in total. The highest BCUT2D eigenvalue weighted by Gasteiger charge is 2.16. The fraction of sp³-hybridized carbons (Fsp3) is 0.214. The monoisotopic (exact) mass is 290 g/mol. The molecule has 0 fully saturated rings. The van der Waals surface area contributed by atoms with Crippen LogP contribution in [0.3, 0.4) is 0 Å². The van der Waals surface area contributed by atoms with E-state index in [1.807, 2.05) is 30.3 Å². The van der Waals surface area contributed by atoms with Crippen molar-refractivity contribution < 1.29 is 9.53 Å². The van der Waals surface area contributed by atoms with Crippen molar-refractivity contribution in [2.45, 2.75) is 17.3 Å². The highest BCUT2D eigenvalue weighted by molar-refractivity contribution is 8.00. The topological polar surface area (TPSA) is 72.0 Å². The maximum Gasteiger partial charge on any atom is 0.318 e. The number of rotatable bonds is 4. The largest absolute Gasteiger partial charge is 0.468 e. The Morgan fingerprint density at radius 3 is 2.70 bits per heavy atom. The molecule has 0 aliphatic carbocycles. The molecule has 0 amide bonds. The summed E-state index contributed by atoms with van der Waals surface area (Å²) in [6.07, 6.45) is 0. The van der Waals surface area contributed by atoms with E-state index in [4.69, 9.17) is 0 Å². The number of nitrogens with zero attached hydrogens (tertiary/aromatic N) is 1. The highest BCUT2D eigenvalue weighted by Crippen LogP contribution is 2.22. The number of aromatic amines is 1. The Labute approximate surface area is 120 Å². The van der Waals surface area contributed by atoms with Gasteiger partial charge in [-0.1, -0.05) is 42.1 Å². The number of H-pyrrole nitrogens is 1. The van der Waals surface area contributed by atoms with Gasteiger partial charge < -0.3 is 9.72 Å². The molecule has 0 saturated heterocycles. The number of methoxy groups -OCH3 is 1. The zero-order chi connectivity index (χ0) is 14.5. The van der Waals surface area contributed by atoms with Crippen LogP contribution in [-0.2, 0) is 9.53 Å². The second-order valence-corrected chi connectivity index (χ2v) is 5.41. The van der Waals surface area contributed by atoms with Crippen molar-refractivity contribution in [1.82, 2.24) is 9.97 Å². The van der Waals surface area contributed by atoms with Gasteiger partial charge >= 0.3 is 5.97 Å². The molecule has 0 aliphatic rings. The smallest absolute Gasteiger partial charge is 0.318 e. The van der Waals surface area contributed by atoms with Gasteiger partial charge in [-0.2, -0.15) is 0 Å². The van der Waals surface area contributed by atoms with Gasteiger partial charge in [0.15, 0.2) is 5.16 Å². The number of benzene rings is 1. The quantitative estimate of drug-likeness (QED) is 0.530. The van der Waals surface area contributed by atoms with Gasteiger partial charge in [0.1, 0.15) is 5.25 Å². The van der Waals surface area contributed by atoms with E-state index >= 15 is 0 Å². The van der Waals surface area contributed by atoms with Gasteiger partial charge in [-0.3, -0.25) is 9.59 Å². The van der Waals surface area contributed by atoms with E-state index in [2.05, 4.69) is 14.7 Å². The lowest BCUT2D eigenvalue weighted by atomic mass is 10.1. The number of ether oxygens (including phenoxy) is 1. The minimum Gasteiger partial charge on any atom is -0.468 e. The standard InChI is InChI=1S/C14H14N2O3S/c1-9(13(18)19-2)20-14-15-11(8-12(17)16-14)10-6-4-3-5-7-10/h3-9H,1-2H3,(H,15,16,17)/t9-/m0/s1. The van der Waals surface area contributed by atoms with E-state index in [-0.39, 0.29) is 11.5 Å². The number of nitrogens with one attached hydrogen (secondary N) is 1. The summed E-state index contributed by atoms with van der Waals surface area (Å²) >= 11 is 1.16. The van der Waals surface area contributed by atoms with Crippen LogP contribution in [0.25, 0.3) is 11.3 Å². The lowest BCUT2D eigenvalue weighted by Gasteiger charge is -2.08. The molecule has 0 aliphatic heterocycles. The molecule has 0 spiro atoms. The summed E-state index contributed by atoms with van der Waals surface area (Å²) in [6, 6.07) is 10.8. The molecule has 1 heterocycles. The molecule has 0 unspecified atom stereocenters. The molecule has 1 atom stereocenters. The molecular weight excluding hydrogens is 276 g/mol. The van der Waals surface area contributed by atoms with E-state index in [1.165, 1.54) is 13.2 Å². The first-order valence-electron chi connectivity index (χ1n) is 6.01. The summed E-state index contributed by atoms with van der Waals surface area (Å²) in [4.78, 5) is 30.0. The van der Waals surface area contributed by atoms with E-state index < -0.39 is 5.25 Å². The molecule has 1 aromatic carbocycles. The number of carbonyl (C=O) groups excluding carboxylic acids is 1. The lowest BCUT2D eigenvalue weighted by molar-refractivity contribution is -0.139. The molecule has 1 N–H and O–H groups in total. The van der Waals surface area contributed by atoms with Crippen molar-refractivity contribution in [3.63, 3.8) is 0 Å². The van der Waals surface area contributed by atoms with E-state index in [1.54, 1.807) is 6.92 Å². The summed E-state index contributed by atoms with van der Waals surface area (Å²) < 4.78 is 4.65. The molecule has 0 saturated carbocycles. The minimum atomic E-state index is -0.436. The Hall–Kier alpha value is -2.08. The normalized spacial score (nSPS) is 11.9. The lowest BCUT2D eigenvalue weighted by Crippen LogP contribution is -2.16. The molecule has 20 heavy (non-hydrogen) atoms. The van der Waals surface area contributed by atoms with Crippen LogP contribution in [0.15, 0.2) is 46.3 Å². The van der Waals surface area contributed by atoms with Crippen molar-refractivity contribution >= 4 is 17.7 Å². The molecule has 2 rings (SSSR count). The van der Waals surface area contributed by atoms with Crippen LogP contribution in [0.2, 0.25) is 0 Å². The second kappa shape index (κ2) is 6.38. The zero-order valence-corrected chi connectivity index (χ0v) is 11.9. The summed E-state index contributed by atoms with van der Waals surface area (Å²) in [7, 11) is 1.33.